The van der Waals surface area contributed by atoms with Crippen molar-refractivity contribution in [1.29, 1.82) is 0 Å². The third kappa shape index (κ3) is 9.39. The molecule has 0 N–H and O–H groups in total. The molecule has 0 fully saturated rings. The van der Waals surface area contributed by atoms with Crippen molar-refractivity contribution in [1.82, 2.24) is 0 Å². The van der Waals surface area contributed by atoms with Gasteiger partial charge >= 0.3 is 17.1 Å². The van der Waals surface area contributed by atoms with Crippen molar-refractivity contribution in [2.24, 2.45) is 0 Å². The summed E-state index contributed by atoms with van der Waals surface area (Å²) in [5.41, 5.74) is 0. The molecule has 22 heavy (non-hydrogen) atoms. The average Bonchev–Trinajstić information content (AvgIpc) is 2.86. The summed E-state index contributed by atoms with van der Waals surface area (Å²) >= 11 is 0. The summed E-state index contributed by atoms with van der Waals surface area (Å²) in [5, 5.41) is 2.32. The smallest absolute Gasteiger partial charge is 0.214 e. The fourth-order valence-electron chi connectivity index (χ4n) is 2.61. The summed E-state index contributed by atoms with van der Waals surface area (Å²) in [7, 11) is -0.101. The van der Waals surface area contributed by atoms with Crippen molar-refractivity contribution in [2.75, 3.05) is 0 Å². The van der Waals surface area contributed by atoms with E-state index in [0.29, 0.717) is 10.3 Å². The van der Waals surface area contributed by atoms with Crippen LogP contribution in [0.5, 0.6) is 0 Å². The maximum absolute atomic E-state index is 2.36. The maximum atomic E-state index is 2.36. The summed E-state index contributed by atoms with van der Waals surface area (Å²) < 4.78 is 0. The molecule has 2 rings (SSSR count). The molecule has 0 aliphatic rings. The molecule has 0 unspecified atom stereocenters. The number of hydrogen-bond donors (Lipinski definition) is 0. The molecule has 0 atom stereocenters. The van der Waals surface area contributed by atoms with Crippen LogP contribution in [0, 0.1) is 0 Å². The summed E-state index contributed by atoms with van der Waals surface area (Å²) in [6.07, 6.45) is 0. The van der Waals surface area contributed by atoms with Crippen molar-refractivity contribution < 1.29 is 17.1 Å². The second-order valence-electron chi connectivity index (χ2n) is 6.78. The molecule has 0 saturated heterocycles. The first-order valence-electron chi connectivity index (χ1n) is 6.91. The van der Waals surface area contributed by atoms with Gasteiger partial charge in [-0.15, -0.1) is 30.1 Å². The van der Waals surface area contributed by atoms with E-state index in [0.717, 1.165) is 0 Å². The Bertz CT molecular complexity index is 405. The van der Waals surface area contributed by atoms with Crippen LogP contribution in [-0.2, 0) is 17.1 Å². The molecule has 128 valence electrons. The Labute approximate surface area is 161 Å². The first-order valence-corrected chi connectivity index (χ1v) is 8.26. The van der Waals surface area contributed by atoms with Crippen molar-refractivity contribution in [3.05, 3.63) is 54.6 Å². The maximum Gasteiger partial charge on any atom is 2.00 e. The number of hydrogen-bond acceptors (Lipinski definition) is 0. The van der Waals surface area contributed by atoms with Crippen LogP contribution in [-0.4, -0.2) is 10.3 Å². The Kier molecular flexibility index (Phi) is 14.4. The van der Waals surface area contributed by atoms with Crippen LogP contribution in [0.4, 0.5) is 0 Å². The molecule has 0 aliphatic heterocycles. The van der Waals surface area contributed by atoms with Gasteiger partial charge < -0.3 is 0 Å². The second kappa shape index (κ2) is 11.7. The van der Waals surface area contributed by atoms with Gasteiger partial charge in [0.25, 0.3) is 0 Å². The van der Waals surface area contributed by atoms with Gasteiger partial charge in [-0.3, -0.25) is 0 Å². The van der Waals surface area contributed by atoms with Gasteiger partial charge in [0.05, 0.1) is 0 Å². The first kappa shape index (κ1) is 27.1. The Balaban J connectivity index is -0.000000388. The average molecular weight is 403 g/mol. The molecule has 4 heteroatoms. The fraction of sp³-hybridized carbons (Fsp3) is 0.444. The summed E-state index contributed by atoms with van der Waals surface area (Å²) in [4.78, 5) is 0. The van der Waals surface area contributed by atoms with Gasteiger partial charge in [0.2, 0.25) is 0 Å². The van der Waals surface area contributed by atoms with Gasteiger partial charge in [-0.05, 0) is 10.3 Å². The molecule has 0 amide bonds. The Hall–Kier alpha value is 0.229. The van der Waals surface area contributed by atoms with Gasteiger partial charge in [-0.2, -0.15) is 30.3 Å². The van der Waals surface area contributed by atoms with E-state index in [1.54, 1.807) is 5.30 Å². The molecule has 0 aliphatic carbocycles. The number of halogens is 2. The minimum atomic E-state index is -0.101. The zero-order valence-electron chi connectivity index (χ0n) is 14.3. The summed E-state index contributed by atoms with van der Waals surface area (Å²) in [6.45, 7) is 14.1. The molecular weight excluding hydrogens is 374 g/mol. The Morgan fingerprint density at radius 1 is 0.773 bits per heavy atom. The van der Waals surface area contributed by atoms with E-state index in [1.807, 2.05) is 30.3 Å². The van der Waals surface area contributed by atoms with Crippen LogP contribution in [0.15, 0.2) is 54.6 Å². The van der Waals surface area contributed by atoms with Crippen molar-refractivity contribution in [3.8, 4) is 0 Å². The molecule has 2 aromatic rings. The van der Waals surface area contributed by atoms with Crippen LogP contribution in [0.1, 0.15) is 41.5 Å². The number of rotatable bonds is 1. The van der Waals surface area contributed by atoms with E-state index in [-0.39, 0.29) is 49.8 Å². The van der Waals surface area contributed by atoms with Gasteiger partial charge in [0.15, 0.2) is 0 Å². The Morgan fingerprint density at radius 2 is 1.23 bits per heavy atom. The van der Waals surface area contributed by atoms with Crippen LogP contribution < -0.4 is 5.30 Å². The molecule has 0 bridgehead atoms. The van der Waals surface area contributed by atoms with Gasteiger partial charge in [-0.25, -0.2) is 24.3 Å². The minimum Gasteiger partial charge on any atom is -0.214 e. The third-order valence-electron chi connectivity index (χ3n) is 2.80. The van der Waals surface area contributed by atoms with Gasteiger partial charge in [0.1, 0.15) is 0 Å². The molecule has 2 aromatic carbocycles. The molecule has 0 saturated carbocycles. The summed E-state index contributed by atoms with van der Waals surface area (Å²) in [6, 6.07) is 18.9. The standard InChI is InChI=1S/C13H22P.C5H5.2ClH.Fe/c1-12(2,3)14(13(4,5)6)11-9-7-8-10-11;1-2-4-5-3-1;;;/h7-10H,1-6H3;1-5H;2*1H;/q2*-1;;;+2. The monoisotopic (exact) mass is 402 g/mol. The molecule has 0 aromatic heterocycles. The van der Waals surface area contributed by atoms with Crippen molar-refractivity contribution in [2.45, 2.75) is 51.9 Å². The minimum absolute atomic E-state index is 0. The molecule has 0 nitrogen and oxygen atoms in total. The first-order chi connectivity index (χ1) is 8.73. The van der Waals surface area contributed by atoms with Crippen molar-refractivity contribution >= 4 is 38.0 Å². The zero-order valence-corrected chi connectivity index (χ0v) is 17.9. The predicted molar refractivity (Wildman–Crippen MR) is 105 cm³/mol. The van der Waals surface area contributed by atoms with Gasteiger partial charge in [-0.1, -0.05) is 49.5 Å². The second-order valence-corrected chi connectivity index (χ2v) is 10.7. The quantitative estimate of drug-likeness (QED) is 0.296. The third-order valence-corrected chi connectivity index (χ3v) is 6.30. The SMILES string of the molecule is CC(C)(C)P(c1ccc[cH-]1)C(C)(C)C.Cl.Cl.[Fe+2].c1cc[cH-]c1. The van der Waals surface area contributed by atoms with Gasteiger partial charge in [0, 0.05) is 0 Å². The Morgan fingerprint density at radius 3 is 1.45 bits per heavy atom. The zero-order chi connectivity index (χ0) is 14.5. The van der Waals surface area contributed by atoms with Crippen LogP contribution in [0.3, 0.4) is 0 Å². The normalized spacial score (nSPS) is 10.5. The molecule has 0 heterocycles. The van der Waals surface area contributed by atoms with Crippen LogP contribution in [0.2, 0.25) is 0 Å². The fourth-order valence-corrected chi connectivity index (χ4v) is 6.65. The van der Waals surface area contributed by atoms with E-state index in [4.69, 9.17) is 0 Å². The molecular formula is C18H29Cl2FeP. The van der Waals surface area contributed by atoms with E-state index in [1.165, 1.54) is 0 Å². The largest absolute Gasteiger partial charge is 2.00 e. The van der Waals surface area contributed by atoms with E-state index >= 15 is 0 Å². The van der Waals surface area contributed by atoms with Crippen LogP contribution in [0.25, 0.3) is 0 Å². The van der Waals surface area contributed by atoms with Crippen molar-refractivity contribution in [3.63, 3.8) is 0 Å². The summed E-state index contributed by atoms with van der Waals surface area (Å²) in [5.74, 6) is 0. The molecule has 0 spiro atoms. The molecule has 0 radical (unpaired) electrons. The topological polar surface area (TPSA) is 0 Å². The van der Waals surface area contributed by atoms with E-state index in [2.05, 4.69) is 65.8 Å². The van der Waals surface area contributed by atoms with E-state index in [9.17, 15) is 0 Å². The van der Waals surface area contributed by atoms with Crippen LogP contribution >= 0.6 is 32.7 Å². The predicted octanol–water partition coefficient (Wildman–Crippen LogP) is 6.36. The van der Waals surface area contributed by atoms with E-state index < -0.39 is 0 Å².